The molecule has 0 aliphatic heterocycles. The zero-order valence-corrected chi connectivity index (χ0v) is 6.21. The van der Waals surface area contributed by atoms with Gasteiger partial charge in [-0.1, -0.05) is 0 Å². The zero-order chi connectivity index (χ0) is 8.43. The molecule has 0 spiro atoms. The molecule has 0 aliphatic carbocycles. The summed E-state index contributed by atoms with van der Waals surface area (Å²) >= 11 is 5.44. The van der Waals surface area contributed by atoms with Crippen LogP contribution in [0, 0.1) is 5.21 Å². The van der Waals surface area contributed by atoms with Crippen molar-refractivity contribution in [3.63, 3.8) is 0 Å². The van der Waals surface area contributed by atoms with Gasteiger partial charge in [-0.2, -0.15) is 4.73 Å². The predicted octanol–water partition coefficient (Wildman–Crippen LogP) is 0.0723. The Labute approximate surface area is 67.8 Å². The SMILES string of the molecule is NC(=O)c1ccc[n+]([O-])c1Cl. The van der Waals surface area contributed by atoms with Crippen molar-refractivity contribution in [1.82, 2.24) is 0 Å². The molecule has 0 aromatic carbocycles. The molecule has 0 radical (unpaired) electrons. The van der Waals surface area contributed by atoms with Crippen molar-refractivity contribution in [3.05, 3.63) is 34.3 Å². The average molecular weight is 173 g/mol. The Morgan fingerprint density at radius 3 is 2.82 bits per heavy atom. The van der Waals surface area contributed by atoms with E-state index in [0.29, 0.717) is 4.73 Å². The molecule has 1 aromatic rings. The maximum atomic E-state index is 10.7. The Balaban J connectivity index is 3.27. The van der Waals surface area contributed by atoms with Crippen molar-refractivity contribution in [2.75, 3.05) is 0 Å². The fourth-order valence-electron chi connectivity index (χ4n) is 0.654. The lowest BCUT2D eigenvalue weighted by atomic mass is 10.3. The fraction of sp³-hybridized carbons (Fsp3) is 0. The second-order valence-corrected chi connectivity index (χ2v) is 2.26. The molecule has 0 unspecified atom stereocenters. The van der Waals surface area contributed by atoms with Crippen LogP contribution in [0.2, 0.25) is 5.15 Å². The van der Waals surface area contributed by atoms with Crippen molar-refractivity contribution >= 4 is 17.5 Å². The summed E-state index contributed by atoms with van der Waals surface area (Å²) in [7, 11) is 0. The third kappa shape index (κ3) is 1.40. The maximum Gasteiger partial charge on any atom is 0.299 e. The number of halogens is 1. The van der Waals surface area contributed by atoms with Crippen LogP contribution in [-0.2, 0) is 0 Å². The maximum absolute atomic E-state index is 10.7. The lowest BCUT2D eigenvalue weighted by molar-refractivity contribution is -0.603. The third-order valence-corrected chi connectivity index (χ3v) is 1.54. The molecular formula is C6H5ClN2O2. The number of hydrogen-bond donors (Lipinski definition) is 1. The number of rotatable bonds is 1. The third-order valence-electron chi connectivity index (χ3n) is 1.17. The van der Waals surface area contributed by atoms with Crippen LogP contribution in [0.15, 0.2) is 18.3 Å². The van der Waals surface area contributed by atoms with Crippen LogP contribution < -0.4 is 10.5 Å². The Hall–Kier alpha value is -1.29. The molecule has 0 fully saturated rings. The molecule has 0 atom stereocenters. The van der Waals surface area contributed by atoms with Crippen LogP contribution in [0.1, 0.15) is 10.4 Å². The Kier molecular flexibility index (Phi) is 1.96. The van der Waals surface area contributed by atoms with Gasteiger partial charge in [0.1, 0.15) is 5.56 Å². The van der Waals surface area contributed by atoms with E-state index >= 15 is 0 Å². The van der Waals surface area contributed by atoms with Crippen molar-refractivity contribution in [3.8, 4) is 0 Å². The minimum absolute atomic E-state index is 0.0316. The van der Waals surface area contributed by atoms with Crippen molar-refractivity contribution < 1.29 is 9.52 Å². The number of carbonyl (C=O) groups is 1. The first-order valence-electron chi connectivity index (χ1n) is 2.80. The van der Waals surface area contributed by atoms with Gasteiger partial charge in [0.15, 0.2) is 6.20 Å². The fourth-order valence-corrected chi connectivity index (χ4v) is 0.867. The topological polar surface area (TPSA) is 70.0 Å². The number of pyridine rings is 1. The molecule has 4 nitrogen and oxygen atoms in total. The molecule has 0 saturated carbocycles. The number of primary amides is 1. The molecular weight excluding hydrogens is 168 g/mol. The first-order valence-corrected chi connectivity index (χ1v) is 3.18. The van der Waals surface area contributed by atoms with Crippen molar-refractivity contribution in [2.45, 2.75) is 0 Å². The van der Waals surface area contributed by atoms with E-state index in [1.165, 1.54) is 18.3 Å². The second-order valence-electron chi connectivity index (χ2n) is 1.90. The minimum Gasteiger partial charge on any atom is -0.618 e. The molecule has 2 N–H and O–H groups in total. The van der Waals surface area contributed by atoms with Gasteiger partial charge in [0.25, 0.3) is 11.1 Å². The summed E-state index contributed by atoms with van der Waals surface area (Å²) in [4.78, 5) is 10.6. The molecule has 1 rings (SSSR count). The van der Waals surface area contributed by atoms with Gasteiger partial charge in [0.05, 0.1) is 0 Å². The van der Waals surface area contributed by atoms with E-state index in [1.54, 1.807) is 0 Å². The largest absolute Gasteiger partial charge is 0.618 e. The highest BCUT2D eigenvalue weighted by Gasteiger charge is 2.12. The summed E-state index contributed by atoms with van der Waals surface area (Å²) in [5.74, 6) is -0.708. The van der Waals surface area contributed by atoms with Crippen LogP contribution in [0.3, 0.4) is 0 Å². The summed E-state index contributed by atoms with van der Waals surface area (Å²) in [5.41, 5.74) is 4.94. The summed E-state index contributed by atoms with van der Waals surface area (Å²) in [5, 5.41) is 10.5. The highest BCUT2D eigenvalue weighted by atomic mass is 35.5. The monoisotopic (exact) mass is 172 g/mol. The number of aromatic nitrogens is 1. The van der Waals surface area contributed by atoms with Gasteiger partial charge in [-0.05, 0) is 17.7 Å². The van der Waals surface area contributed by atoms with Crippen LogP contribution in [0.25, 0.3) is 0 Å². The van der Waals surface area contributed by atoms with E-state index in [-0.39, 0.29) is 10.7 Å². The van der Waals surface area contributed by atoms with Gasteiger partial charge in [0, 0.05) is 6.07 Å². The number of carbonyl (C=O) groups excluding carboxylic acids is 1. The van der Waals surface area contributed by atoms with Crippen LogP contribution in [0.5, 0.6) is 0 Å². The Morgan fingerprint density at radius 1 is 1.73 bits per heavy atom. The van der Waals surface area contributed by atoms with Crippen LogP contribution in [0.4, 0.5) is 0 Å². The normalized spacial score (nSPS) is 9.55. The summed E-state index contributed by atoms with van der Waals surface area (Å²) in [6, 6.07) is 2.79. The van der Waals surface area contributed by atoms with Gasteiger partial charge >= 0.3 is 0 Å². The van der Waals surface area contributed by atoms with E-state index in [1.807, 2.05) is 0 Å². The molecule has 58 valence electrons. The van der Waals surface area contributed by atoms with E-state index in [9.17, 15) is 10.0 Å². The van der Waals surface area contributed by atoms with Gasteiger partial charge in [-0.15, -0.1) is 0 Å². The van der Waals surface area contributed by atoms with Crippen LogP contribution >= 0.6 is 11.6 Å². The first kappa shape index (κ1) is 7.81. The molecule has 5 heteroatoms. The van der Waals surface area contributed by atoms with Crippen molar-refractivity contribution in [2.24, 2.45) is 5.73 Å². The summed E-state index contributed by atoms with van der Waals surface area (Å²) < 4.78 is 0.377. The summed E-state index contributed by atoms with van der Waals surface area (Å²) in [6.45, 7) is 0. The Bertz CT molecular complexity index is 301. The molecule has 0 aliphatic rings. The predicted molar refractivity (Wildman–Crippen MR) is 38.9 cm³/mol. The highest BCUT2D eigenvalue weighted by molar-refractivity contribution is 6.31. The summed E-state index contributed by atoms with van der Waals surface area (Å²) in [6.07, 6.45) is 1.19. The molecule has 1 amide bonds. The lowest BCUT2D eigenvalue weighted by Crippen LogP contribution is -2.30. The zero-order valence-electron chi connectivity index (χ0n) is 5.45. The van der Waals surface area contributed by atoms with E-state index in [4.69, 9.17) is 17.3 Å². The van der Waals surface area contributed by atoms with Crippen LogP contribution in [-0.4, -0.2) is 5.91 Å². The highest BCUT2D eigenvalue weighted by Crippen LogP contribution is 2.07. The lowest BCUT2D eigenvalue weighted by Gasteiger charge is -1.99. The van der Waals surface area contributed by atoms with Gasteiger partial charge in [-0.3, -0.25) is 4.79 Å². The number of nitrogens with zero attached hydrogens (tertiary/aromatic N) is 1. The standard InChI is InChI=1S/C6H5ClN2O2/c7-5-4(6(8)10)2-1-3-9(5)11/h1-3H,(H2,8,10). The second kappa shape index (κ2) is 2.75. The van der Waals surface area contributed by atoms with Crippen molar-refractivity contribution in [1.29, 1.82) is 0 Å². The van der Waals surface area contributed by atoms with E-state index in [0.717, 1.165) is 0 Å². The average Bonchev–Trinajstić information content (AvgIpc) is 1.94. The molecule has 0 saturated heterocycles. The van der Waals surface area contributed by atoms with Gasteiger partial charge < -0.3 is 10.9 Å². The minimum atomic E-state index is -0.708. The quantitative estimate of drug-likeness (QED) is 0.370. The molecule has 11 heavy (non-hydrogen) atoms. The molecule has 1 aromatic heterocycles. The Morgan fingerprint density at radius 2 is 2.36 bits per heavy atom. The van der Waals surface area contributed by atoms with E-state index in [2.05, 4.69) is 0 Å². The van der Waals surface area contributed by atoms with Gasteiger partial charge in [0.2, 0.25) is 0 Å². The number of amides is 1. The van der Waals surface area contributed by atoms with E-state index < -0.39 is 5.91 Å². The molecule has 0 bridgehead atoms. The molecule has 1 heterocycles. The first-order chi connectivity index (χ1) is 5.13. The van der Waals surface area contributed by atoms with Gasteiger partial charge in [-0.25, -0.2) is 0 Å². The number of hydrogen-bond acceptors (Lipinski definition) is 2. The number of nitrogens with two attached hydrogens (primary N) is 1. The smallest absolute Gasteiger partial charge is 0.299 e.